The van der Waals surface area contributed by atoms with Crippen LogP contribution in [-0.2, 0) is 17.8 Å². The molecule has 7 nitrogen and oxygen atoms in total. The van der Waals surface area contributed by atoms with Crippen LogP contribution in [0.4, 0.5) is 4.79 Å². The first-order valence-corrected chi connectivity index (χ1v) is 8.70. The van der Waals surface area contributed by atoms with Crippen molar-refractivity contribution in [3.05, 3.63) is 60.1 Å². The maximum atomic E-state index is 12.7. The highest BCUT2D eigenvalue weighted by Crippen LogP contribution is 2.23. The number of ether oxygens (including phenoxy) is 1. The molecule has 0 N–H and O–H groups in total. The topological polar surface area (TPSA) is 81.6 Å². The summed E-state index contributed by atoms with van der Waals surface area (Å²) in [5.74, 6) is 1.59. The lowest BCUT2D eigenvalue weighted by atomic mass is 10.2. The van der Waals surface area contributed by atoms with Gasteiger partial charge in [0.05, 0.1) is 12.7 Å². The number of aryl methyl sites for hydroxylation is 1. The molecule has 0 aliphatic rings. The first-order valence-electron chi connectivity index (χ1n) is 8.70. The minimum atomic E-state index is -0.611. The van der Waals surface area contributed by atoms with E-state index in [0.29, 0.717) is 23.2 Å². The van der Waals surface area contributed by atoms with Gasteiger partial charge in [-0.1, -0.05) is 18.2 Å². The van der Waals surface area contributed by atoms with Crippen molar-refractivity contribution in [3.63, 3.8) is 0 Å². The number of carbonyl (C=O) groups excluding carboxylic acids is 1. The maximum Gasteiger partial charge on any atom is 0.411 e. The number of nitrogens with zero attached hydrogens (tertiary/aromatic N) is 3. The van der Waals surface area contributed by atoms with Crippen molar-refractivity contribution in [1.82, 2.24) is 14.9 Å². The monoisotopic (exact) mass is 369 g/mol. The van der Waals surface area contributed by atoms with Crippen LogP contribution < -0.4 is 0 Å². The number of rotatable bonds is 5. The summed E-state index contributed by atoms with van der Waals surface area (Å²) in [6, 6.07) is 9.62. The van der Waals surface area contributed by atoms with Crippen molar-refractivity contribution in [2.75, 3.05) is 0 Å². The zero-order valence-electron chi connectivity index (χ0n) is 15.9. The minimum Gasteiger partial charge on any atom is -0.447 e. The fourth-order valence-corrected chi connectivity index (χ4v) is 2.47. The van der Waals surface area contributed by atoms with E-state index in [9.17, 15) is 4.79 Å². The van der Waals surface area contributed by atoms with Crippen molar-refractivity contribution in [2.45, 2.75) is 46.4 Å². The predicted molar refractivity (Wildman–Crippen MR) is 98.7 cm³/mol. The molecule has 7 heteroatoms. The number of oxazole rings is 2. The molecule has 0 spiro atoms. The molecule has 3 aromatic rings. The van der Waals surface area contributed by atoms with E-state index in [1.165, 1.54) is 17.4 Å². The molecule has 0 aliphatic carbocycles. The first kappa shape index (κ1) is 18.7. The van der Waals surface area contributed by atoms with Crippen LogP contribution >= 0.6 is 0 Å². The third-order valence-electron chi connectivity index (χ3n) is 3.72. The first-order chi connectivity index (χ1) is 12.8. The van der Waals surface area contributed by atoms with E-state index in [4.69, 9.17) is 13.6 Å². The number of benzene rings is 1. The van der Waals surface area contributed by atoms with Gasteiger partial charge in [0.15, 0.2) is 0 Å². The van der Waals surface area contributed by atoms with Crippen LogP contribution in [0.2, 0.25) is 0 Å². The van der Waals surface area contributed by atoms with E-state index in [2.05, 4.69) is 9.97 Å². The fraction of sp³-hybridized carbons (Fsp3) is 0.350. The highest BCUT2D eigenvalue weighted by Gasteiger charge is 2.25. The van der Waals surface area contributed by atoms with E-state index < -0.39 is 11.7 Å². The Bertz CT molecular complexity index is 880. The van der Waals surface area contributed by atoms with Gasteiger partial charge in [-0.25, -0.2) is 14.8 Å². The molecule has 1 amide bonds. The van der Waals surface area contributed by atoms with Gasteiger partial charge in [-0.15, -0.1) is 0 Å². The SMILES string of the molecule is Cc1oc(-c2ccccc2)nc1CN(Cc1ncco1)C(=O)OC(C)(C)C. The Kier molecular flexibility index (Phi) is 5.30. The van der Waals surface area contributed by atoms with Crippen LogP contribution in [0.1, 0.15) is 38.1 Å². The number of hydrogen-bond donors (Lipinski definition) is 0. The average molecular weight is 369 g/mol. The molecule has 0 aliphatic heterocycles. The van der Waals surface area contributed by atoms with Crippen molar-refractivity contribution in [1.29, 1.82) is 0 Å². The van der Waals surface area contributed by atoms with Crippen LogP contribution in [-0.4, -0.2) is 26.6 Å². The molecule has 0 saturated heterocycles. The molecule has 0 radical (unpaired) electrons. The number of amides is 1. The summed E-state index contributed by atoms with van der Waals surface area (Å²) in [6.45, 7) is 7.69. The second-order valence-electron chi connectivity index (χ2n) is 7.15. The summed E-state index contributed by atoms with van der Waals surface area (Å²) < 4.78 is 16.6. The van der Waals surface area contributed by atoms with Gasteiger partial charge >= 0.3 is 6.09 Å². The fourth-order valence-electron chi connectivity index (χ4n) is 2.47. The van der Waals surface area contributed by atoms with Gasteiger partial charge in [0.1, 0.15) is 29.9 Å². The molecule has 0 unspecified atom stereocenters. The van der Waals surface area contributed by atoms with E-state index in [1.807, 2.05) is 58.0 Å². The van der Waals surface area contributed by atoms with Gasteiger partial charge in [-0.3, -0.25) is 4.90 Å². The number of carbonyl (C=O) groups is 1. The highest BCUT2D eigenvalue weighted by atomic mass is 16.6. The summed E-state index contributed by atoms with van der Waals surface area (Å²) in [7, 11) is 0. The highest BCUT2D eigenvalue weighted by molar-refractivity contribution is 5.68. The average Bonchev–Trinajstić information content (AvgIpc) is 3.24. The Labute approximate surface area is 158 Å². The van der Waals surface area contributed by atoms with Crippen molar-refractivity contribution >= 4 is 6.09 Å². The molecule has 2 heterocycles. The molecule has 0 bridgehead atoms. The van der Waals surface area contributed by atoms with Gasteiger partial charge < -0.3 is 13.6 Å². The predicted octanol–water partition coefficient (Wildman–Crippen LogP) is 4.58. The van der Waals surface area contributed by atoms with Crippen molar-refractivity contribution in [3.8, 4) is 11.5 Å². The minimum absolute atomic E-state index is 0.175. The van der Waals surface area contributed by atoms with Crippen LogP contribution in [0.15, 0.2) is 51.6 Å². The standard InChI is InChI=1S/C20H23N3O4/c1-14-16(22-18(26-14)15-8-6-5-7-9-15)12-23(13-17-21-10-11-25-17)19(24)27-20(2,3)4/h5-11H,12-13H2,1-4H3. The Morgan fingerprint density at radius 2 is 1.93 bits per heavy atom. The second kappa shape index (κ2) is 7.65. The molecule has 0 saturated carbocycles. The molecule has 27 heavy (non-hydrogen) atoms. The zero-order chi connectivity index (χ0) is 19.4. The Balaban J connectivity index is 1.83. The van der Waals surface area contributed by atoms with Gasteiger partial charge in [0.2, 0.25) is 11.8 Å². The number of aromatic nitrogens is 2. The smallest absolute Gasteiger partial charge is 0.411 e. The second-order valence-corrected chi connectivity index (χ2v) is 7.15. The normalized spacial score (nSPS) is 11.4. The lowest BCUT2D eigenvalue weighted by Gasteiger charge is -2.26. The van der Waals surface area contributed by atoms with Crippen molar-refractivity contribution < 1.29 is 18.4 Å². The summed E-state index contributed by atoms with van der Waals surface area (Å²) in [4.78, 5) is 22.8. The Morgan fingerprint density at radius 3 is 2.56 bits per heavy atom. The van der Waals surface area contributed by atoms with Gasteiger partial charge in [-0.2, -0.15) is 0 Å². The van der Waals surface area contributed by atoms with E-state index >= 15 is 0 Å². The van der Waals surface area contributed by atoms with Gasteiger partial charge in [0.25, 0.3) is 0 Å². The van der Waals surface area contributed by atoms with Crippen LogP contribution in [0.5, 0.6) is 0 Å². The van der Waals surface area contributed by atoms with Crippen LogP contribution in [0.3, 0.4) is 0 Å². The molecule has 2 aromatic heterocycles. The van der Waals surface area contributed by atoms with E-state index in [-0.39, 0.29) is 13.1 Å². The molecular formula is C20H23N3O4. The molecule has 1 aromatic carbocycles. The third-order valence-corrected chi connectivity index (χ3v) is 3.72. The lowest BCUT2D eigenvalue weighted by Crippen LogP contribution is -2.36. The largest absolute Gasteiger partial charge is 0.447 e. The third kappa shape index (κ3) is 4.97. The molecule has 0 atom stereocenters. The maximum absolute atomic E-state index is 12.7. The molecule has 3 rings (SSSR count). The molecule has 0 fully saturated rings. The van der Waals surface area contributed by atoms with E-state index in [1.54, 1.807) is 0 Å². The summed E-state index contributed by atoms with van der Waals surface area (Å²) >= 11 is 0. The zero-order valence-corrected chi connectivity index (χ0v) is 15.9. The lowest BCUT2D eigenvalue weighted by molar-refractivity contribution is 0.0197. The van der Waals surface area contributed by atoms with Gasteiger partial charge in [0, 0.05) is 5.56 Å². The Hall–Kier alpha value is -3.09. The molecule has 142 valence electrons. The summed E-state index contributed by atoms with van der Waals surface area (Å²) in [5.41, 5.74) is 0.926. The van der Waals surface area contributed by atoms with Crippen molar-refractivity contribution in [2.24, 2.45) is 0 Å². The van der Waals surface area contributed by atoms with Crippen LogP contribution in [0, 0.1) is 6.92 Å². The summed E-state index contributed by atoms with van der Waals surface area (Å²) in [6.07, 6.45) is 2.54. The quantitative estimate of drug-likeness (QED) is 0.655. The Morgan fingerprint density at radius 1 is 1.19 bits per heavy atom. The van der Waals surface area contributed by atoms with Gasteiger partial charge in [-0.05, 0) is 39.8 Å². The summed E-state index contributed by atoms with van der Waals surface area (Å²) in [5, 5.41) is 0. The van der Waals surface area contributed by atoms with E-state index in [0.717, 1.165) is 5.56 Å². The molecular weight excluding hydrogens is 346 g/mol. The van der Waals surface area contributed by atoms with Crippen LogP contribution in [0.25, 0.3) is 11.5 Å². The number of hydrogen-bond acceptors (Lipinski definition) is 6.